The molecule has 0 bridgehead atoms. The number of benzene rings is 6. The smallest absolute Gasteiger partial charge is 0.248 e. The van der Waals surface area contributed by atoms with Crippen molar-refractivity contribution in [2.45, 2.75) is 0 Å². The van der Waals surface area contributed by atoms with Gasteiger partial charge in [-0.25, -0.2) is 0 Å². The summed E-state index contributed by atoms with van der Waals surface area (Å²) in [4.78, 5) is 0. The molecule has 0 saturated heterocycles. The van der Waals surface area contributed by atoms with Gasteiger partial charge in [0.15, 0.2) is 0 Å². The van der Waals surface area contributed by atoms with Gasteiger partial charge in [-0.3, -0.25) is 0 Å². The molecule has 0 N–H and O–H groups in total. The van der Waals surface area contributed by atoms with E-state index in [-0.39, 0.29) is 0 Å². The molecule has 0 aliphatic heterocycles. The highest BCUT2D eigenvalue weighted by Crippen LogP contribution is 2.38. The van der Waals surface area contributed by atoms with E-state index in [0.717, 1.165) is 22.3 Å². The third-order valence-electron chi connectivity index (χ3n) is 7.81. The van der Waals surface area contributed by atoms with Crippen molar-refractivity contribution in [2.24, 2.45) is 0 Å². The number of hydrogen-bond donors (Lipinski definition) is 0. The highest BCUT2D eigenvalue weighted by molar-refractivity contribution is 6.11. The first-order valence-corrected chi connectivity index (χ1v) is 14.0. The standard InChI is InChI=1S/C38H25N3O/c1-3-11-27(12-4-1)31-15-7-9-17-34(31)41-35-18-10-8-16-32(35)33-25-30(23-24-36(33)41)26-19-21-29(22-20-26)38-40-39-37(42-38)28-13-5-2-6-14-28/h1-25H. The van der Waals surface area contributed by atoms with Crippen LogP contribution < -0.4 is 0 Å². The van der Waals surface area contributed by atoms with Crippen molar-refractivity contribution >= 4 is 21.8 Å². The van der Waals surface area contributed by atoms with E-state index in [1.54, 1.807) is 0 Å². The molecule has 0 spiro atoms. The van der Waals surface area contributed by atoms with Crippen LogP contribution in [0.15, 0.2) is 156 Å². The van der Waals surface area contributed by atoms with Crippen molar-refractivity contribution in [3.63, 3.8) is 0 Å². The average Bonchev–Trinajstić information content (AvgIpc) is 3.69. The van der Waals surface area contributed by atoms with Crippen molar-refractivity contribution in [2.75, 3.05) is 0 Å². The van der Waals surface area contributed by atoms with Crippen LogP contribution in [0.3, 0.4) is 0 Å². The molecule has 6 aromatic carbocycles. The van der Waals surface area contributed by atoms with E-state index >= 15 is 0 Å². The van der Waals surface area contributed by atoms with Crippen LogP contribution in [0.4, 0.5) is 0 Å². The maximum absolute atomic E-state index is 5.97. The summed E-state index contributed by atoms with van der Waals surface area (Å²) in [5.41, 5.74) is 10.0. The Balaban J connectivity index is 1.20. The van der Waals surface area contributed by atoms with Crippen LogP contribution in [0.25, 0.3) is 72.7 Å². The van der Waals surface area contributed by atoms with Gasteiger partial charge >= 0.3 is 0 Å². The van der Waals surface area contributed by atoms with Crippen molar-refractivity contribution < 1.29 is 4.42 Å². The predicted molar refractivity (Wildman–Crippen MR) is 170 cm³/mol. The minimum absolute atomic E-state index is 0.510. The zero-order chi connectivity index (χ0) is 27.9. The van der Waals surface area contributed by atoms with Gasteiger partial charge in [-0.2, -0.15) is 0 Å². The van der Waals surface area contributed by atoms with Crippen molar-refractivity contribution in [3.05, 3.63) is 152 Å². The van der Waals surface area contributed by atoms with E-state index in [1.807, 2.05) is 42.5 Å². The zero-order valence-electron chi connectivity index (χ0n) is 22.7. The number of fused-ring (bicyclic) bond motifs is 3. The summed E-state index contributed by atoms with van der Waals surface area (Å²) >= 11 is 0. The van der Waals surface area contributed by atoms with Gasteiger partial charge in [0.1, 0.15) is 0 Å². The first-order valence-electron chi connectivity index (χ1n) is 14.0. The van der Waals surface area contributed by atoms with Crippen LogP contribution in [-0.4, -0.2) is 14.8 Å². The molecule has 0 saturated carbocycles. The van der Waals surface area contributed by atoms with Crippen LogP contribution in [0.1, 0.15) is 0 Å². The molecule has 8 rings (SSSR count). The first kappa shape index (κ1) is 24.1. The summed E-state index contributed by atoms with van der Waals surface area (Å²) in [6, 6.07) is 52.8. The van der Waals surface area contributed by atoms with Gasteiger partial charge < -0.3 is 8.98 Å². The summed E-state index contributed by atoms with van der Waals surface area (Å²) in [7, 11) is 0. The fraction of sp³-hybridized carbons (Fsp3) is 0. The fourth-order valence-electron chi connectivity index (χ4n) is 5.78. The van der Waals surface area contributed by atoms with Crippen LogP contribution >= 0.6 is 0 Å². The molecule has 0 aliphatic carbocycles. The minimum atomic E-state index is 0.510. The Morgan fingerprint density at radius 1 is 0.405 bits per heavy atom. The summed E-state index contributed by atoms with van der Waals surface area (Å²) in [6.45, 7) is 0. The first-order chi connectivity index (χ1) is 20.8. The van der Waals surface area contributed by atoms with E-state index in [4.69, 9.17) is 4.42 Å². The van der Waals surface area contributed by atoms with Crippen molar-refractivity contribution in [1.29, 1.82) is 0 Å². The second kappa shape index (κ2) is 10.0. The average molecular weight is 540 g/mol. The Kier molecular flexibility index (Phi) is 5.75. The van der Waals surface area contributed by atoms with Gasteiger partial charge in [0, 0.05) is 27.5 Å². The third kappa shape index (κ3) is 4.09. The summed E-state index contributed by atoms with van der Waals surface area (Å²) in [6.07, 6.45) is 0. The number of nitrogens with zero attached hydrogens (tertiary/aromatic N) is 3. The van der Waals surface area contributed by atoms with Gasteiger partial charge in [-0.05, 0) is 65.2 Å². The third-order valence-corrected chi connectivity index (χ3v) is 7.81. The van der Waals surface area contributed by atoms with Crippen LogP contribution in [0, 0.1) is 0 Å². The number of rotatable bonds is 5. The lowest BCUT2D eigenvalue weighted by Gasteiger charge is -2.14. The molecule has 2 heterocycles. The molecule has 0 atom stereocenters. The Bertz CT molecular complexity index is 2180. The number of hydrogen-bond acceptors (Lipinski definition) is 3. The molecule has 2 aromatic heterocycles. The fourth-order valence-corrected chi connectivity index (χ4v) is 5.78. The lowest BCUT2D eigenvalue weighted by molar-refractivity contribution is 0.584. The molecular formula is C38H25N3O. The van der Waals surface area contributed by atoms with E-state index in [0.29, 0.717) is 11.8 Å². The zero-order valence-corrected chi connectivity index (χ0v) is 22.7. The monoisotopic (exact) mass is 539 g/mol. The van der Waals surface area contributed by atoms with Crippen LogP contribution in [0.5, 0.6) is 0 Å². The Labute approximate surface area is 243 Å². The van der Waals surface area contributed by atoms with Crippen LogP contribution in [0.2, 0.25) is 0 Å². The highest BCUT2D eigenvalue weighted by atomic mass is 16.4. The maximum atomic E-state index is 5.97. The lowest BCUT2D eigenvalue weighted by atomic mass is 10.0. The van der Waals surface area contributed by atoms with Gasteiger partial charge in [0.2, 0.25) is 11.8 Å². The van der Waals surface area contributed by atoms with Crippen molar-refractivity contribution in [1.82, 2.24) is 14.8 Å². The minimum Gasteiger partial charge on any atom is -0.416 e. The summed E-state index contributed by atoms with van der Waals surface area (Å²) in [5.74, 6) is 1.03. The molecule has 4 nitrogen and oxygen atoms in total. The molecule has 0 radical (unpaired) electrons. The molecule has 0 fully saturated rings. The molecule has 0 amide bonds. The second-order valence-electron chi connectivity index (χ2n) is 10.3. The molecule has 0 aliphatic rings. The molecule has 198 valence electrons. The van der Waals surface area contributed by atoms with E-state index < -0.39 is 0 Å². The topological polar surface area (TPSA) is 43.9 Å². The Morgan fingerprint density at radius 3 is 1.71 bits per heavy atom. The summed E-state index contributed by atoms with van der Waals surface area (Å²) < 4.78 is 8.36. The molecule has 42 heavy (non-hydrogen) atoms. The highest BCUT2D eigenvalue weighted by Gasteiger charge is 2.16. The Morgan fingerprint density at radius 2 is 0.952 bits per heavy atom. The number of para-hydroxylation sites is 2. The van der Waals surface area contributed by atoms with E-state index in [1.165, 1.54) is 38.6 Å². The van der Waals surface area contributed by atoms with Crippen molar-refractivity contribution in [3.8, 4) is 50.8 Å². The second-order valence-corrected chi connectivity index (χ2v) is 10.3. The quantitative estimate of drug-likeness (QED) is 0.219. The molecule has 0 unspecified atom stereocenters. The summed E-state index contributed by atoms with van der Waals surface area (Å²) in [5, 5.41) is 11.0. The van der Waals surface area contributed by atoms with E-state index in [2.05, 4.69) is 124 Å². The predicted octanol–water partition coefficient (Wildman–Crippen LogP) is 9.83. The van der Waals surface area contributed by atoms with Gasteiger partial charge in [0.25, 0.3) is 0 Å². The van der Waals surface area contributed by atoms with Crippen LogP contribution in [-0.2, 0) is 0 Å². The normalized spacial score (nSPS) is 11.3. The lowest BCUT2D eigenvalue weighted by Crippen LogP contribution is -1.96. The van der Waals surface area contributed by atoms with Gasteiger partial charge in [-0.15, -0.1) is 10.2 Å². The molecule has 8 aromatic rings. The van der Waals surface area contributed by atoms with Gasteiger partial charge in [-0.1, -0.05) is 103 Å². The molecule has 4 heteroatoms. The van der Waals surface area contributed by atoms with Gasteiger partial charge in [0.05, 0.1) is 16.7 Å². The number of aromatic nitrogens is 3. The maximum Gasteiger partial charge on any atom is 0.248 e. The molecular weight excluding hydrogens is 514 g/mol. The largest absolute Gasteiger partial charge is 0.416 e. The SMILES string of the molecule is c1ccc(-c2nnc(-c3ccc(-c4ccc5c(c4)c4ccccc4n5-c4ccccc4-c4ccccc4)cc3)o2)cc1. The van der Waals surface area contributed by atoms with E-state index in [9.17, 15) is 0 Å². The Hall–Kier alpha value is -5.74.